The van der Waals surface area contributed by atoms with Gasteiger partial charge in [-0.2, -0.15) is 9.61 Å². The summed E-state index contributed by atoms with van der Waals surface area (Å²) in [6.07, 6.45) is 6.93. The minimum Gasteiger partial charge on any atom is -0.420 e. The Balaban J connectivity index is 1.86. The topological polar surface area (TPSA) is 73.6 Å². The van der Waals surface area contributed by atoms with Gasteiger partial charge in [-0.25, -0.2) is 0 Å². The molecule has 0 bridgehead atoms. The standard InChI is InChI=1S/C21H15N3O3S/c1-14(25)27-19-17(10-9-15-6-5-11-22-13-15)12-18-24(21(19)26)23-20(28-18)16-7-3-2-4-8-16/h2-13H,1H3/b10-9+. The first-order valence-electron chi connectivity index (χ1n) is 8.50. The summed E-state index contributed by atoms with van der Waals surface area (Å²) in [5, 5.41) is 5.12. The summed E-state index contributed by atoms with van der Waals surface area (Å²) < 4.78 is 6.48. The van der Waals surface area contributed by atoms with Gasteiger partial charge < -0.3 is 4.74 Å². The third kappa shape index (κ3) is 3.60. The van der Waals surface area contributed by atoms with E-state index in [0.29, 0.717) is 15.4 Å². The van der Waals surface area contributed by atoms with E-state index >= 15 is 0 Å². The van der Waals surface area contributed by atoms with Gasteiger partial charge in [0.1, 0.15) is 9.84 Å². The molecule has 6 nitrogen and oxygen atoms in total. The molecule has 4 aromatic rings. The molecule has 0 radical (unpaired) electrons. The Kier molecular flexibility index (Phi) is 4.82. The van der Waals surface area contributed by atoms with Gasteiger partial charge in [0.2, 0.25) is 5.75 Å². The first kappa shape index (κ1) is 17.8. The van der Waals surface area contributed by atoms with Gasteiger partial charge in [-0.05, 0) is 17.7 Å². The lowest BCUT2D eigenvalue weighted by molar-refractivity contribution is -0.132. The van der Waals surface area contributed by atoms with Crippen molar-refractivity contribution in [1.29, 1.82) is 0 Å². The van der Waals surface area contributed by atoms with Crippen LogP contribution in [0.4, 0.5) is 0 Å². The van der Waals surface area contributed by atoms with E-state index in [-0.39, 0.29) is 5.75 Å². The molecular weight excluding hydrogens is 374 g/mol. The molecule has 138 valence electrons. The molecule has 0 saturated carbocycles. The third-order valence-corrected chi connectivity index (χ3v) is 4.95. The van der Waals surface area contributed by atoms with Crippen LogP contribution in [0.2, 0.25) is 0 Å². The van der Waals surface area contributed by atoms with Crippen molar-refractivity contribution in [2.75, 3.05) is 0 Å². The molecule has 0 atom stereocenters. The number of carbonyl (C=O) groups excluding carboxylic acids is 1. The van der Waals surface area contributed by atoms with Crippen LogP contribution >= 0.6 is 11.3 Å². The predicted octanol–water partition coefficient (Wildman–Crippen LogP) is 3.91. The van der Waals surface area contributed by atoms with Crippen molar-refractivity contribution in [1.82, 2.24) is 14.6 Å². The van der Waals surface area contributed by atoms with E-state index in [1.807, 2.05) is 48.5 Å². The Hall–Kier alpha value is -3.58. The number of hydrogen-bond acceptors (Lipinski definition) is 6. The number of ether oxygens (including phenoxy) is 1. The maximum atomic E-state index is 12.9. The fourth-order valence-corrected chi connectivity index (χ4v) is 3.66. The summed E-state index contributed by atoms with van der Waals surface area (Å²) in [4.78, 5) is 29.2. The van der Waals surface area contributed by atoms with Gasteiger partial charge in [-0.15, -0.1) is 0 Å². The van der Waals surface area contributed by atoms with Gasteiger partial charge in [-0.1, -0.05) is 59.9 Å². The lowest BCUT2D eigenvalue weighted by Crippen LogP contribution is -2.20. The van der Waals surface area contributed by atoms with Crippen LogP contribution in [0.3, 0.4) is 0 Å². The molecule has 7 heteroatoms. The smallest absolute Gasteiger partial charge is 0.315 e. The molecule has 0 spiro atoms. The second kappa shape index (κ2) is 7.58. The highest BCUT2D eigenvalue weighted by atomic mass is 32.1. The lowest BCUT2D eigenvalue weighted by atomic mass is 10.2. The van der Waals surface area contributed by atoms with Crippen molar-refractivity contribution in [3.63, 3.8) is 0 Å². The zero-order valence-corrected chi connectivity index (χ0v) is 15.7. The van der Waals surface area contributed by atoms with E-state index in [1.54, 1.807) is 24.5 Å². The Labute approximate surface area is 164 Å². The quantitative estimate of drug-likeness (QED) is 0.495. The normalized spacial score (nSPS) is 11.2. The van der Waals surface area contributed by atoms with Crippen molar-refractivity contribution < 1.29 is 9.53 Å². The van der Waals surface area contributed by atoms with Crippen LogP contribution in [0.25, 0.3) is 27.6 Å². The molecule has 3 aromatic heterocycles. The maximum absolute atomic E-state index is 12.9. The molecule has 28 heavy (non-hydrogen) atoms. The number of fused-ring (bicyclic) bond motifs is 1. The van der Waals surface area contributed by atoms with Gasteiger partial charge >= 0.3 is 11.5 Å². The van der Waals surface area contributed by atoms with E-state index < -0.39 is 11.5 Å². The minimum atomic E-state index is -0.563. The summed E-state index contributed by atoms with van der Waals surface area (Å²) in [6.45, 7) is 1.26. The van der Waals surface area contributed by atoms with Gasteiger partial charge in [0, 0.05) is 30.4 Å². The van der Waals surface area contributed by atoms with Crippen LogP contribution in [0.1, 0.15) is 18.1 Å². The highest BCUT2D eigenvalue weighted by Crippen LogP contribution is 2.28. The fraction of sp³-hybridized carbons (Fsp3) is 0.0476. The number of hydrogen-bond donors (Lipinski definition) is 0. The van der Waals surface area contributed by atoms with Gasteiger partial charge in [0.05, 0.1) is 0 Å². The number of aromatic nitrogens is 3. The Bertz CT molecular complexity index is 1230. The molecule has 0 amide bonds. The molecule has 0 aliphatic carbocycles. The lowest BCUT2D eigenvalue weighted by Gasteiger charge is -2.05. The predicted molar refractivity (Wildman–Crippen MR) is 109 cm³/mol. The number of benzene rings is 1. The van der Waals surface area contributed by atoms with Gasteiger partial charge in [-0.3, -0.25) is 14.6 Å². The first-order valence-corrected chi connectivity index (χ1v) is 9.32. The molecule has 0 aliphatic rings. The number of pyridine rings is 2. The zero-order valence-electron chi connectivity index (χ0n) is 14.9. The summed E-state index contributed by atoms with van der Waals surface area (Å²) >= 11 is 1.39. The number of nitrogens with zero attached hydrogens (tertiary/aromatic N) is 3. The van der Waals surface area contributed by atoms with Crippen molar-refractivity contribution in [2.24, 2.45) is 0 Å². The second-order valence-corrected chi connectivity index (χ2v) is 6.98. The van der Waals surface area contributed by atoms with Crippen LogP contribution in [0.15, 0.2) is 65.7 Å². The molecule has 4 rings (SSSR count). The Morgan fingerprint density at radius 1 is 1.14 bits per heavy atom. The summed E-state index contributed by atoms with van der Waals surface area (Å²) in [7, 11) is 0. The van der Waals surface area contributed by atoms with Crippen LogP contribution in [-0.4, -0.2) is 20.6 Å². The molecular formula is C21H15N3O3S. The fourth-order valence-electron chi connectivity index (χ4n) is 2.69. The summed E-state index contributed by atoms with van der Waals surface area (Å²) in [5.41, 5.74) is 1.81. The Morgan fingerprint density at radius 2 is 1.96 bits per heavy atom. The van der Waals surface area contributed by atoms with Crippen LogP contribution in [0, 0.1) is 0 Å². The van der Waals surface area contributed by atoms with Crippen LogP contribution in [0.5, 0.6) is 5.75 Å². The molecule has 0 N–H and O–H groups in total. The highest BCUT2D eigenvalue weighted by molar-refractivity contribution is 7.20. The third-order valence-electron chi connectivity index (χ3n) is 3.93. The van der Waals surface area contributed by atoms with E-state index in [4.69, 9.17) is 4.74 Å². The first-order chi connectivity index (χ1) is 13.6. The average Bonchev–Trinajstić information content (AvgIpc) is 3.14. The zero-order chi connectivity index (χ0) is 19.5. The molecule has 0 aliphatic heterocycles. The maximum Gasteiger partial charge on any atom is 0.315 e. The molecule has 1 aromatic carbocycles. The number of esters is 1. The van der Waals surface area contributed by atoms with Gasteiger partial charge in [0.15, 0.2) is 0 Å². The van der Waals surface area contributed by atoms with Crippen LogP contribution < -0.4 is 10.3 Å². The van der Waals surface area contributed by atoms with E-state index in [9.17, 15) is 9.59 Å². The summed E-state index contributed by atoms with van der Waals surface area (Å²) in [6, 6.07) is 15.1. The number of carbonyl (C=O) groups is 1. The van der Waals surface area contributed by atoms with Gasteiger partial charge in [0.25, 0.3) is 0 Å². The van der Waals surface area contributed by atoms with Crippen molar-refractivity contribution in [3.05, 3.63) is 82.4 Å². The van der Waals surface area contributed by atoms with E-state index in [1.165, 1.54) is 22.8 Å². The molecule has 0 fully saturated rings. The number of rotatable bonds is 4. The van der Waals surface area contributed by atoms with Crippen LogP contribution in [-0.2, 0) is 4.79 Å². The van der Waals surface area contributed by atoms with E-state index in [0.717, 1.165) is 11.1 Å². The summed E-state index contributed by atoms with van der Waals surface area (Å²) in [5.74, 6) is -0.610. The van der Waals surface area contributed by atoms with Crippen molar-refractivity contribution in [2.45, 2.75) is 6.92 Å². The SMILES string of the molecule is CC(=O)Oc1c(/C=C/c2cccnc2)cc2sc(-c3ccccc3)nn2c1=O. The largest absolute Gasteiger partial charge is 0.420 e. The Morgan fingerprint density at radius 3 is 2.68 bits per heavy atom. The van der Waals surface area contributed by atoms with E-state index in [2.05, 4.69) is 10.1 Å². The molecule has 0 saturated heterocycles. The molecule has 0 unspecified atom stereocenters. The van der Waals surface area contributed by atoms with Crippen molar-refractivity contribution >= 4 is 34.3 Å². The molecule has 3 heterocycles. The van der Waals surface area contributed by atoms with Crippen molar-refractivity contribution in [3.8, 4) is 16.3 Å². The minimum absolute atomic E-state index is 0.0462. The average molecular weight is 389 g/mol. The monoisotopic (exact) mass is 389 g/mol. The highest BCUT2D eigenvalue weighted by Gasteiger charge is 2.16. The second-order valence-electron chi connectivity index (χ2n) is 5.97.